The molecular weight excluding hydrogens is 237 g/mol. The molecule has 1 heterocycles. The fourth-order valence-electron chi connectivity index (χ4n) is 1.26. The zero-order chi connectivity index (χ0) is 12.1. The average Bonchev–Trinajstić information content (AvgIpc) is 2.33. The highest BCUT2D eigenvalue weighted by molar-refractivity contribution is 7.80. The first kappa shape index (κ1) is 11.5. The second-order valence-electron chi connectivity index (χ2n) is 3.32. The van der Waals surface area contributed by atoms with Gasteiger partial charge < -0.3 is 10.6 Å². The molecule has 5 heteroatoms. The summed E-state index contributed by atoms with van der Waals surface area (Å²) in [5.74, 6) is -0.274. The second-order valence-corrected chi connectivity index (χ2v) is 3.73. The third kappa shape index (κ3) is 3.49. The highest BCUT2D eigenvalue weighted by atomic mass is 32.1. The zero-order valence-electron chi connectivity index (χ0n) is 8.85. The monoisotopic (exact) mass is 247 g/mol. The van der Waals surface area contributed by atoms with Crippen LogP contribution in [-0.2, 0) is 0 Å². The number of hydrogen-bond donors (Lipinski definition) is 2. The van der Waals surface area contributed by atoms with Gasteiger partial charge in [-0.25, -0.2) is 4.39 Å². The summed E-state index contributed by atoms with van der Waals surface area (Å²) < 4.78 is 12.7. The van der Waals surface area contributed by atoms with Crippen molar-refractivity contribution in [2.75, 3.05) is 10.6 Å². The van der Waals surface area contributed by atoms with E-state index < -0.39 is 0 Å². The molecule has 2 aromatic rings. The Hall–Kier alpha value is -2.01. The molecule has 86 valence electrons. The molecule has 2 N–H and O–H groups in total. The lowest BCUT2D eigenvalue weighted by molar-refractivity contribution is 0.628. The zero-order valence-corrected chi connectivity index (χ0v) is 9.67. The number of halogens is 1. The molecule has 0 atom stereocenters. The molecule has 0 unspecified atom stereocenters. The van der Waals surface area contributed by atoms with E-state index >= 15 is 0 Å². The van der Waals surface area contributed by atoms with Crippen LogP contribution in [0.15, 0.2) is 48.8 Å². The minimum atomic E-state index is -0.274. The molecule has 0 aliphatic rings. The topological polar surface area (TPSA) is 37.0 Å². The number of nitrogens with zero attached hydrogens (tertiary/aromatic N) is 1. The van der Waals surface area contributed by atoms with Gasteiger partial charge in [0, 0.05) is 23.8 Å². The van der Waals surface area contributed by atoms with Gasteiger partial charge in [-0.15, -0.1) is 0 Å². The van der Waals surface area contributed by atoms with E-state index in [0.29, 0.717) is 5.11 Å². The van der Waals surface area contributed by atoms with Gasteiger partial charge in [-0.05, 0) is 48.6 Å². The molecule has 0 amide bonds. The second kappa shape index (κ2) is 5.36. The lowest BCUT2D eigenvalue weighted by Crippen LogP contribution is -2.18. The van der Waals surface area contributed by atoms with Gasteiger partial charge in [0.15, 0.2) is 5.11 Å². The Labute approximate surface area is 104 Å². The van der Waals surface area contributed by atoms with Crippen molar-refractivity contribution in [2.45, 2.75) is 0 Å². The highest BCUT2D eigenvalue weighted by Gasteiger charge is 1.98. The summed E-state index contributed by atoms with van der Waals surface area (Å²) in [5.41, 5.74) is 1.58. The summed E-state index contributed by atoms with van der Waals surface area (Å²) in [6.45, 7) is 0. The molecule has 0 radical (unpaired) electrons. The van der Waals surface area contributed by atoms with Gasteiger partial charge >= 0.3 is 0 Å². The van der Waals surface area contributed by atoms with Gasteiger partial charge in [0.2, 0.25) is 0 Å². The van der Waals surface area contributed by atoms with Gasteiger partial charge in [0.25, 0.3) is 0 Å². The highest BCUT2D eigenvalue weighted by Crippen LogP contribution is 2.09. The van der Waals surface area contributed by atoms with Crippen molar-refractivity contribution in [2.24, 2.45) is 0 Å². The molecule has 0 aliphatic carbocycles. The molecule has 3 nitrogen and oxygen atoms in total. The SMILES string of the molecule is Fc1ccc(NC(=S)Nc2ccncc2)cc1. The molecule has 0 spiro atoms. The summed E-state index contributed by atoms with van der Waals surface area (Å²) in [4.78, 5) is 3.90. The average molecular weight is 247 g/mol. The Morgan fingerprint density at radius 1 is 0.941 bits per heavy atom. The Balaban J connectivity index is 1.96. The van der Waals surface area contributed by atoms with Crippen molar-refractivity contribution >= 4 is 28.7 Å². The van der Waals surface area contributed by atoms with E-state index in [9.17, 15) is 4.39 Å². The Morgan fingerprint density at radius 2 is 1.47 bits per heavy atom. The van der Waals surface area contributed by atoms with Crippen LogP contribution in [-0.4, -0.2) is 10.1 Å². The Kier molecular flexibility index (Phi) is 3.62. The van der Waals surface area contributed by atoms with E-state index in [-0.39, 0.29) is 5.82 Å². The van der Waals surface area contributed by atoms with Crippen molar-refractivity contribution < 1.29 is 4.39 Å². The van der Waals surface area contributed by atoms with Crippen LogP contribution in [0.25, 0.3) is 0 Å². The van der Waals surface area contributed by atoms with Crippen LogP contribution in [0.1, 0.15) is 0 Å². The number of hydrogen-bond acceptors (Lipinski definition) is 2. The number of anilines is 2. The summed E-state index contributed by atoms with van der Waals surface area (Å²) >= 11 is 5.11. The van der Waals surface area contributed by atoms with Crippen molar-refractivity contribution in [1.82, 2.24) is 4.98 Å². The van der Waals surface area contributed by atoms with E-state index in [4.69, 9.17) is 12.2 Å². The van der Waals surface area contributed by atoms with Gasteiger partial charge in [-0.2, -0.15) is 0 Å². The van der Waals surface area contributed by atoms with E-state index in [2.05, 4.69) is 15.6 Å². The molecule has 0 saturated carbocycles. The van der Waals surface area contributed by atoms with Crippen molar-refractivity contribution in [1.29, 1.82) is 0 Å². The van der Waals surface area contributed by atoms with Crippen LogP contribution < -0.4 is 10.6 Å². The number of aromatic nitrogens is 1. The van der Waals surface area contributed by atoms with Crippen LogP contribution in [0.2, 0.25) is 0 Å². The van der Waals surface area contributed by atoms with Gasteiger partial charge in [-0.1, -0.05) is 0 Å². The van der Waals surface area contributed by atoms with Gasteiger partial charge in [0.1, 0.15) is 5.82 Å². The van der Waals surface area contributed by atoms with Crippen molar-refractivity contribution in [3.8, 4) is 0 Å². The van der Waals surface area contributed by atoms with Gasteiger partial charge in [-0.3, -0.25) is 4.98 Å². The van der Waals surface area contributed by atoms with Crippen molar-refractivity contribution in [3.05, 3.63) is 54.6 Å². The molecular formula is C12H10FN3S. The maximum Gasteiger partial charge on any atom is 0.175 e. The smallest absolute Gasteiger partial charge is 0.175 e. The molecule has 0 fully saturated rings. The predicted molar refractivity (Wildman–Crippen MR) is 70.5 cm³/mol. The first-order chi connectivity index (χ1) is 8.24. The van der Waals surface area contributed by atoms with Crippen LogP contribution in [0.4, 0.5) is 15.8 Å². The molecule has 0 aliphatic heterocycles. The first-order valence-electron chi connectivity index (χ1n) is 4.97. The van der Waals surface area contributed by atoms with E-state index in [0.717, 1.165) is 11.4 Å². The number of nitrogens with one attached hydrogen (secondary N) is 2. The Morgan fingerprint density at radius 3 is 2.06 bits per heavy atom. The van der Waals surface area contributed by atoms with E-state index in [1.54, 1.807) is 36.7 Å². The first-order valence-corrected chi connectivity index (χ1v) is 5.38. The normalized spacial score (nSPS) is 9.71. The summed E-state index contributed by atoms with van der Waals surface area (Å²) in [6, 6.07) is 9.60. The molecule has 1 aromatic carbocycles. The van der Waals surface area contributed by atoms with E-state index in [1.165, 1.54) is 12.1 Å². The number of pyridine rings is 1. The number of thiocarbonyl (C=S) groups is 1. The number of benzene rings is 1. The minimum absolute atomic E-state index is 0.274. The van der Waals surface area contributed by atoms with Crippen LogP contribution >= 0.6 is 12.2 Å². The third-order valence-corrected chi connectivity index (χ3v) is 2.24. The van der Waals surface area contributed by atoms with Gasteiger partial charge in [0.05, 0.1) is 0 Å². The molecule has 2 rings (SSSR count). The molecule has 17 heavy (non-hydrogen) atoms. The van der Waals surface area contributed by atoms with Crippen LogP contribution in [0.5, 0.6) is 0 Å². The predicted octanol–water partition coefficient (Wildman–Crippen LogP) is 3.03. The summed E-state index contributed by atoms with van der Waals surface area (Å²) in [6.07, 6.45) is 3.34. The lowest BCUT2D eigenvalue weighted by Gasteiger charge is -2.09. The number of rotatable bonds is 2. The fourth-order valence-corrected chi connectivity index (χ4v) is 1.50. The minimum Gasteiger partial charge on any atom is -0.332 e. The summed E-state index contributed by atoms with van der Waals surface area (Å²) in [7, 11) is 0. The van der Waals surface area contributed by atoms with Crippen molar-refractivity contribution in [3.63, 3.8) is 0 Å². The quantitative estimate of drug-likeness (QED) is 0.800. The standard InChI is InChI=1S/C12H10FN3S/c13-9-1-3-10(4-2-9)15-12(17)16-11-5-7-14-8-6-11/h1-8H,(H2,14,15,16,17). The van der Waals surface area contributed by atoms with Crippen LogP contribution in [0.3, 0.4) is 0 Å². The summed E-state index contributed by atoms with van der Waals surface area (Å²) in [5, 5.41) is 6.39. The third-order valence-electron chi connectivity index (χ3n) is 2.04. The molecule has 0 bridgehead atoms. The van der Waals surface area contributed by atoms with Crippen LogP contribution in [0, 0.1) is 5.82 Å². The lowest BCUT2D eigenvalue weighted by atomic mass is 10.3. The molecule has 1 aromatic heterocycles. The maximum absolute atomic E-state index is 12.7. The largest absolute Gasteiger partial charge is 0.332 e. The Bertz CT molecular complexity index is 499. The molecule has 0 saturated heterocycles. The maximum atomic E-state index is 12.7. The fraction of sp³-hybridized carbons (Fsp3) is 0. The van der Waals surface area contributed by atoms with E-state index in [1.807, 2.05) is 0 Å².